The Morgan fingerprint density at radius 2 is 1.65 bits per heavy atom. The molecule has 0 bridgehead atoms. The molecule has 34 heavy (non-hydrogen) atoms. The standard InChI is InChI=1S/C25H19F2N3O2S2/c1-15(23(31)30-25-29-22(14-33-25)16-6-8-17(26)9-7-16)34-19-12-10-18(11-13-19)28-24(32)20-4-2-3-5-21(20)27/h2-15H,1H3,(H,28,32)(H,29,30,31). The number of carbonyl (C=O) groups excluding carboxylic acids is 2. The maximum absolute atomic E-state index is 13.8. The van der Waals surface area contributed by atoms with Gasteiger partial charge in [0.05, 0.1) is 16.5 Å². The molecule has 1 atom stereocenters. The fraction of sp³-hybridized carbons (Fsp3) is 0.0800. The monoisotopic (exact) mass is 495 g/mol. The molecule has 1 aromatic heterocycles. The molecule has 1 heterocycles. The third-order valence-corrected chi connectivity index (χ3v) is 6.66. The number of carbonyl (C=O) groups is 2. The second-order valence-electron chi connectivity index (χ2n) is 7.25. The minimum Gasteiger partial charge on any atom is -0.322 e. The number of aromatic nitrogens is 1. The van der Waals surface area contributed by atoms with Crippen molar-refractivity contribution in [2.24, 2.45) is 0 Å². The van der Waals surface area contributed by atoms with Gasteiger partial charge in [-0.15, -0.1) is 23.1 Å². The van der Waals surface area contributed by atoms with Crippen molar-refractivity contribution in [1.82, 2.24) is 4.98 Å². The Hall–Kier alpha value is -3.56. The number of benzene rings is 3. The molecule has 0 saturated carbocycles. The predicted molar refractivity (Wildman–Crippen MR) is 132 cm³/mol. The van der Waals surface area contributed by atoms with E-state index in [1.54, 1.807) is 54.8 Å². The van der Waals surface area contributed by atoms with Gasteiger partial charge in [-0.25, -0.2) is 13.8 Å². The average molecular weight is 496 g/mol. The Morgan fingerprint density at radius 1 is 0.941 bits per heavy atom. The number of thioether (sulfide) groups is 1. The van der Waals surface area contributed by atoms with Gasteiger partial charge in [0.2, 0.25) is 5.91 Å². The summed E-state index contributed by atoms with van der Waals surface area (Å²) in [5.41, 5.74) is 1.92. The van der Waals surface area contributed by atoms with Crippen LogP contribution in [-0.4, -0.2) is 22.0 Å². The van der Waals surface area contributed by atoms with E-state index in [0.717, 1.165) is 10.5 Å². The van der Waals surface area contributed by atoms with Crippen LogP contribution in [0.4, 0.5) is 19.6 Å². The van der Waals surface area contributed by atoms with Crippen LogP contribution in [0.1, 0.15) is 17.3 Å². The number of nitrogens with zero attached hydrogens (tertiary/aromatic N) is 1. The van der Waals surface area contributed by atoms with Crippen molar-refractivity contribution in [3.63, 3.8) is 0 Å². The zero-order valence-electron chi connectivity index (χ0n) is 17.9. The predicted octanol–water partition coefficient (Wildman–Crippen LogP) is 6.46. The molecule has 2 amide bonds. The second kappa shape index (κ2) is 10.6. The molecule has 0 aliphatic heterocycles. The lowest BCUT2D eigenvalue weighted by atomic mass is 10.2. The zero-order valence-corrected chi connectivity index (χ0v) is 19.6. The maximum atomic E-state index is 13.8. The number of rotatable bonds is 7. The Labute approximate surface area is 203 Å². The van der Waals surface area contributed by atoms with Gasteiger partial charge in [-0.3, -0.25) is 9.59 Å². The van der Waals surface area contributed by atoms with Gasteiger partial charge < -0.3 is 10.6 Å². The van der Waals surface area contributed by atoms with E-state index in [9.17, 15) is 18.4 Å². The van der Waals surface area contributed by atoms with Crippen molar-refractivity contribution < 1.29 is 18.4 Å². The number of anilines is 2. The fourth-order valence-electron chi connectivity index (χ4n) is 3.01. The number of nitrogens with one attached hydrogen (secondary N) is 2. The third-order valence-electron chi connectivity index (χ3n) is 4.79. The summed E-state index contributed by atoms with van der Waals surface area (Å²) in [6, 6.07) is 18.7. The molecule has 0 aliphatic carbocycles. The van der Waals surface area contributed by atoms with Gasteiger partial charge in [-0.2, -0.15) is 0 Å². The summed E-state index contributed by atoms with van der Waals surface area (Å²) in [7, 11) is 0. The molecule has 2 N–H and O–H groups in total. The van der Waals surface area contributed by atoms with E-state index in [1.807, 2.05) is 0 Å². The minimum atomic E-state index is -0.586. The Bertz CT molecular complexity index is 1310. The van der Waals surface area contributed by atoms with Crippen molar-refractivity contribution >= 4 is 45.7 Å². The van der Waals surface area contributed by atoms with E-state index in [1.165, 1.54) is 53.4 Å². The van der Waals surface area contributed by atoms with E-state index < -0.39 is 17.0 Å². The fourth-order valence-corrected chi connectivity index (χ4v) is 4.60. The molecule has 0 radical (unpaired) electrons. The van der Waals surface area contributed by atoms with Crippen molar-refractivity contribution in [3.8, 4) is 11.3 Å². The average Bonchev–Trinajstić information content (AvgIpc) is 3.29. The normalized spacial score (nSPS) is 11.6. The molecule has 172 valence electrons. The second-order valence-corrected chi connectivity index (χ2v) is 9.52. The van der Waals surface area contributed by atoms with E-state index in [2.05, 4.69) is 15.6 Å². The van der Waals surface area contributed by atoms with Gasteiger partial charge in [0.1, 0.15) is 11.6 Å². The topological polar surface area (TPSA) is 71.1 Å². The first-order chi connectivity index (χ1) is 16.4. The van der Waals surface area contributed by atoms with E-state index in [0.29, 0.717) is 16.5 Å². The van der Waals surface area contributed by atoms with Crippen LogP contribution in [0.25, 0.3) is 11.3 Å². The van der Waals surface area contributed by atoms with E-state index in [4.69, 9.17) is 0 Å². The quantitative estimate of drug-likeness (QED) is 0.289. The van der Waals surface area contributed by atoms with Crippen LogP contribution in [0.2, 0.25) is 0 Å². The van der Waals surface area contributed by atoms with E-state index >= 15 is 0 Å². The number of amides is 2. The highest BCUT2D eigenvalue weighted by molar-refractivity contribution is 8.00. The van der Waals surface area contributed by atoms with Gasteiger partial charge in [0, 0.05) is 21.5 Å². The molecule has 3 aromatic carbocycles. The van der Waals surface area contributed by atoms with Crippen molar-refractivity contribution in [2.45, 2.75) is 17.1 Å². The summed E-state index contributed by atoms with van der Waals surface area (Å²) in [6.45, 7) is 1.78. The number of hydrogen-bond acceptors (Lipinski definition) is 5. The number of hydrogen-bond donors (Lipinski definition) is 2. The van der Waals surface area contributed by atoms with Gasteiger partial charge in [-0.05, 0) is 67.6 Å². The maximum Gasteiger partial charge on any atom is 0.258 e. The molecular weight excluding hydrogens is 476 g/mol. The summed E-state index contributed by atoms with van der Waals surface area (Å²) in [5.74, 6) is -1.65. The van der Waals surface area contributed by atoms with Crippen LogP contribution in [-0.2, 0) is 4.79 Å². The molecule has 4 aromatic rings. The van der Waals surface area contributed by atoms with Crippen LogP contribution >= 0.6 is 23.1 Å². The van der Waals surface area contributed by atoms with Gasteiger partial charge in [-0.1, -0.05) is 12.1 Å². The summed E-state index contributed by atoms with van der Waals surface area (Å²) in [6.07, 6.45) is 0. The molecule has 9 heteroatoms. The van der Waals surface area contributed by atoms with Crippen molar-refractivity contribution in [1.29, 1.82) is 0 Å². The van der Waals surface area contributed by atoms with Gasteiger partial charge in [0.15, 0.2) is 5.13 Å². The molecule has 0 spiro atoms. The lowest BCUT2D eigenvalue weighted by molar-refractivity contribution is -0.115. The molecule has 4 rings (SSSR count). The first kappa shape index (κ1) is 23.6. The lowest BCUT2D eigenvalue weighted by Gasteiger charge is -2.11. The lowest BCUT2D eigenvalue weighted by Crippen LogP contribution is -2.22. The molecular formula is C25H19F2N3O2S2. The molecule has 0 aliphatic rings. The largest absolute Gasteiger partial charge is 0.322 e. The van der Waals surface area contributed by atoms with Crippen LogP contribution < -0.4 is 10.6 Å². The van der Waals surface area contributed by atoms with Crippen molar-refractivity contribution in [3.05, 3.63) is 95.4 Å². The third kappa shape index (κ3) is 5.86. The van der Waals surface area contributed by atoms with Crippen molar-refractivity contribution in [2.75, 3.05) is 10.6 Å². The van der Waals surface area contributed by atoms with Gasteiger partial charge in [0.25, 0.3) is 5.91 Å². The SMILES string of the molecule is CC(Sc1ccc(NC(=O)c2ccccc2F)cc1)C(=O)Nc1nc(-c2ccc(F)cc2)cs1. The van der Waals surface area contributed by atoms with Gasteiger partial charge >= 0.3 is 0 Å². The highest BCUT2D eigenvalue weighted by atomic mass is 32.2. The highest BCUT2D eigenvalue weighted by Crippen LogP contribution is 2.28. The molecule has 5 nitrogen and oxygen atoms in total. The summed E-state index contributed by atoms with van der Waals surface area (Å²) in [5, 5.41) is 7.32. The van der Waals surface area contributed by atoms with E-state index in [-0.39, 0.29) is 17.3 Å². The van der Waals surface area contributed by atoms with Crippen LogP contribution in [0.5, 0.6) is 0 Å². The smallest absolute Gasteiger partial charge is 0.258 e. The highest BCUT2D eigenvalue weighted by Gasteiger charge is 2.17. The Morgan fingerprint density at radius 3 is 2.35 bits per heavy atom. The Kier molecular flexibility index (Phi) is 7.34. The molecule has 1 unspecified atom stereocenters. The number of halogens is 2. The zero-order chi connectivity index (χ0) is 24.1. The summed E-state index contributed by atoms with van der Waals surface area (Å²) >= 11 is 2.65. The first-order valence-corrected chi connectivity index (χ1v) is 12.0. The minimum absolute atomic E-state index is 0.0315. The molecule has 0 fully saturated rings. The first-order valence-electron chi connectivity index (χ1n) is 10.2. The molecule has 0 saturated heterocycles. The summed E-state index contributed by atoms with van der Waals surface area (Å²) in [4.78, 5) is 30.1. The summed E-state index contributed by atoms with van der Waals surface area (Å²) < 4.78 is 26.9. The number of thiazole rings is 1. The van der Waals surface area contributed by atoms with Crippen LogP contribution in [0.3, 0.4) is 0 Å². The Balaban J connectivity index is 1.32. The van der Waals surface area contributed by atoms with Crippen LogP contribution in [0.15, 0.2) is 83.1 Å². The van der Waals surface area contributed by atoms with Crippen LogP contribution in [0, 0.1) is 11.6 Å².